The predicted molar refractivity (Wildman–Crippen MR) is 61.4 cm³/mol. The van der Waals surface area contributed by atoms with Gasteiger partial charge in [-0.3, -0.25) is 4.79 Å². The van der Waals surface area contributed by atoms with Crippen LogP contribution in [0.2, 0.25) is 0 Å². The lowest BCUT2D eigenvalue weighted by Gasteiger charge is -2.01. The molecule has 2 rings (SSSR count). The second-order valence-corrected chi connectivity index (χ2v) is 4.02. The minimum absolute atomic E-state index is 0.0792. The average Bonchev–Trinajstić information content (AvgIpc) is 3.09. The Balaban J connectivity index is 2.00. The van der Waals surface area contributed by atoms with Crippen LogP contribution in [-0.2, 0) is 0 Å². The first-order valence-corrected chi connectivity index (χ1v) is 5.30. The van der Waals surface area contributed by atoms with E-state index in [1.54, 1.807) is 12.1 Å². The Morgan fingerprint density at radius 3 is 2.88 bits per heavy atom. The minimum atomic E-state index is -0.295. The molecule has 84 valence electrons. The van der Waals surface area contributed by atoms with E-state index < -0.39 is 0 Å². The Labute approximate surface area is 94.0 Å². The fourth-order valence-corrected chi connectivity index (χ4v) is 1.44. The molecular weight excluding hydrogens is 204 g/mol. The molecule has 1 aromatic carbocycles. The number of nitrogens with one attached hydrogen (secondary N) is 1. The number of nitrogens with zero attached hydrogens (tertiary/aromatic N) is 1. The van der Waals surface area contributed by atoms with Gasteiger partial charge in [0, 0.05) is 11.3 Å². The van der Waals surface area contributed by atoms with Gasteiger partial charge < -0.3 is 5.11 Å². The van der Waals surface area contributed by atoms with Crippen LogP contribution in [-0.4, -0.2) is 16.7 Å². The third-order valence-corrected chi connectivity index (χ3v) is 2.61. The highest BCUT2D eigenvalue weighted by atomic mass is 16.3. The van der Waals surface area contributed by atoms with Crippen molar-refractivity contribution in [3.63, 3.8) is 0 Å². The molecule has 0 heterocycles. The zero-order valence-corrected chi connectivity index (χ0v) is 9.10. The van der Waals surface area contributed by atoms with Crippen molar-refractivity contribution < 1.29 is 9.90 Å². The van der Waals surface area contributed by atoms with Crippen LogP contribution in [0.15, 0.2) is 29.4 Å². The molecule has 1 aliphatic rings. The quantitative estimate of drug-likeness (QED) is 0.601. The van der Waals surface area contributed by atoms with Crippen molar-refractivity contribution in [3.05, 3.63) is 29.8 Å². The van der Waals surface area contributed by atoms with E-state index in [1.807, 2.05) is 6.92 Å². The molecular formula is C12H14N2O2. The predicted octanol–water partition coefficient (Wildman–Crippen LogP) is 1.91. The van der Waals surface area contributed by atoms with Crippen molar-refractivity contribution in [1.29, 1.82) is 0 Å². The van der Waals surface area contributed by atoms with E-state index in [4.69, 9.17) is 0 Å². The normalized spacial score (nSPS) is 15.9. The fraction of sp³-hybridized carbons (Fsp3) is 0.333. The summed E-state index contributed by atoms with van der Waals surface area (Å²) >= 11 is 0. The highest BCUT2D eigenvalue weighted by molar-refractivity contribution is 5.96. The number of carbonyl (C=O) groups is 1. The van der Waals surface area contributed by atoms with E-state index in [9.17, 15) is 9.90 Å². The van der Waals surface area contributed by atoms with Gasteiger partial charge in [0.05, 0.1) is 0 Å². The van der Waals surface area contributed by atoms with Gasteiger partial charge in [-0.25, -0.2) is 5.43 Å². The number of hydrazone groups is 1. The molecule has 0 bridgehead atoms. The molecule has 16 heavy (non-hydrogen) atoms. The molecule has 0 radical (unpaired) electrons. The van der Waals surface area contributed by atoms with E-state index >= 15 is 0 Å². The zero-order valence-electron chi connectivity index (χ0n) is 9.10. The summed E-state index contributed by atoms with van der Waals surface area (Å²) in [6.45, 7) is 1.92. The summed E-state index contributed by atoms with van der Waals surface area (Å²) in [5.74, 6) is 0.330. The molecule has 1 aromatic rings. The summed E-state index contributed by atoms with van der Waals surface area (Å²) in [5, 5.41) is 13.2. The van der Waals surface area contributed by atoms with Gasteiger partial charge in [-0.1, -0.05) is 6.07 Å². The largest absolute Gasteiger partial charge is 0.508 e. The highest BCUT2D eigenvalue weighted by Crippen LogP contribution is 2.30. The summed E-state index contributed by atoms with van der Waals surface area (Å²) in [4.78, 5) is 11.6. The van der Waals surface area contributed by atoms with Crippen LogP contribution in [0.3, 0.4) is 0 Å². The van der Waals surface area contributed by atoms with Crippen LogP contribution in [0.25, 0.3) is 0 Å². The van der Waals surface area contributed by atoms with E-state index in [1.165, 1.54) is 12.1 Å². The maximum Gasteiger partial charge on any atom is 0.271 e. The average molecular weight is 218 g/mol. The Bertz CT molecular complexity index is 436. The van der Waals surface area contributed by atoms with Crippen LogP contribution in [0.1, 0.15) is 30.1 Å². The van der Waals surface area contributed by atoms with Crippen molar-refractivity contribution in [2.75, 3.05) is 0 Å². The Hall–Kier alpha value is -1.84. The molecule has 1 fully saturated rings. The van der Waals surface area contributed by atoms with Crippen LogP contribution < -0.4 is 5.43 Å². The second-order valence-electron chi connectivity index (χ2n) is 4.02. The summed E-state index contributed by atoms with van der Waals surface area (Å²) in [7, 11) is 0. The third kappa shape index (κ3) is 2.59. The van der Waals surface area contributed by atoms with Crippen LogP contribution in [0.4, 0.5) is 0 Å². The van der Waals surface area contributed by atoms with Crippen molar-refractivity contribution in [2.45, 2.75) is 19.8 Å². The number of hydrogen-bond acceptors (Lipinski definition) is 3. The molecule has 0 aromatic heterocycles. The summed E-state index contributed by atoms with van der Waals surface area (Å²) in [5.41, 5.74) is 3.86. The van der Waals surface area contributed by atoms with Gasteiger partial charge in [0.1, 0.15) is 5.75 Å². The topological polar surface area (TPSA) is 61.7 Å². The SMILES string of the molecule is C/C(=N\NC(=O)c1cccc(O)c1)C1CC1. The van der Waals surface area contributed by atoms with Gasteiger partial charge in [0.15, 0.2) is 0 Å². The number of phenols is 1. The molecule has 1 saturated carbocycles. The number of phenolic OH excluding ortho intramolecular Hbond substituents is 1. The lowest BCUT2D eigenvalue weighted by molar-refractivity contribution is 0.0954. The standard InChI is InChI=1S/C12H14N2O2/c1-8(9-5-6-9)13-14-12(16)10-3-2-4-11(15)7-10/h2-4,7,9,15H,5-6H2,1H3,(H,14,16)/b13-8+. The summed E-state index contributed by atoms with van der Waals surface area (Å²) in [6, 6.07) is 6.20. The maximum absolute atomic E-state index is 11.6. The van der Waals surface area contributed by atoms with Crippen molar-refractivity contribution in [3.8, 4) is 5.75 Å². The first-order chi connectivity index (χ1) is 7.66. The van der Waals surface area contributed by atoms with Gasteiger partial charge in [-0.2, -0.15) is 5.10 Å². The number of hydrogen-bond donors (Lipinski definition) is 2. The number of benzene rings is 1. The molecule has 2 N–H and O–H groups in total. The van der Waals surface area contributed by atoms with Crippen molar-refractivity contribution in [1.82, 2.24) is 5.43 Å². The van der Waals surface area contributed by atoms with Gasteiger partial charge >= 0.3 is 0 Å². The summed E-state index contributed by atoms with van der Waals surface area (Å²) in [6.07, 6.45) is 2.33. The number of amides is 1. The van der Waals surface area contributed by atoms with Crippen LogP contribution in [0, 0.1) is 5.92 Å². The molecule has 0 aliphatic heterocycles. The Kier molecular flexibility index (Phi) is 2.90. The van der Waals surface area contributed by atoms with E-state index in [0.29, 0.717) is 11.5 Å². The van der Waals surface area contributed by atoms with Crippen molar-refractivity contribution in [2.24, 2.45) is 11.0 Å². The Morgan fingerprint density at radius 1 is 1.50 bits per heavy atom. The first-order valence-electron chi connectivity index (χ1n) is 5.30. The molecule has 0 unspecified atom stereocenters. The number of aromatic hydroxyl groups is 1. The van der Waals surface area contributed by atoms with Crippen LogP contribution in [0.5, 0.6) is 5.75 Å². The second kappa shape index (κ2) is 4.35. The lowest BCUT2D eigenvalue weighted by atomic mass is 10.2. The maximum atomic E-state index is 11.6. The molecule has 0 spiro atoms. The summed E-state index contributed by atoms with van der Waals surface area (Å²) < 4.78 is 0. The first kappa shape index (κ1) is 10.7. The fourth-order valence-electron chi connectivity index (χ4n) is 1.44. The van der Waals surface area contributed by atoms with Gasteiger partial charge in [0.2, 0.25) is 0 Å². The number of carbonyl (C=O) groups excluding carboxylic acids is 1. The molecule has 0 saturated heterocycles. The van der Waals surface area contributed by atoms with E-state index in [-0.39, 0.29) is 11.7 Å². The van der Waals surface area contributed by atoms with Crippen molar-refractivity contribution >= 4 is 11.6 Å². The smallest absolute Gasteiger partial charge is 0.271 e. The number of rotatable bonds is 3. The Morgan fingerprint density at radius 2 is 2.25 bits per heavy atom. The van der Waals surface area contributed by atoms with Gasteiger partial charge in [-0.15, -0.1) is 0 Å². The van der Waals surface area contributed by atoms with E-state index in [2.05, 4.69) is 10.5 Å². The molecule has 1 amide bonds. The van der Waals surface area contributed by atoms with Gasteiger partial charge in [-0.05, 0) is 43.9 Å². The monoisotopic (exact) mass is 218 g/mol. The molecule has 0 atom stereocenters. The third-order valence-electron chi connectivity index (χ3n) is 2.61. The minimum Gasteiger partial charge on any atom is -0.508 e. The van der Waals surface area contributed by atoms with Crippen LogP contribution >= 0.6 is 0 Å². The zero-order chi connectivity index (χ0) is 11.5. The molecule has 4 heteroatoms. The lowest BCUT2D eigenvalue weighted by Crippen LogP contribution is -2.19. The van der Waals surface area contributed by atoms with E-state index in [0.717, 1.165) is 18.6 Å². The van der Waals surface area contributed by atoms with Gasteiger partial charge in [0.25, 0.3) is 5.91 Å². The highest BCUT2D eigenvalue weighted by Gasteiger charge is 2.24. The molecule has 4 nitrogen and oxygen atoms in total. The molecule has 1 aliphatic carbocycles.